The van der Waals surface area contributed by atoms with Gasteiger partial charge >= 0.3 is 0 Å². The second-order valence-corrected chi connectivity index (χ2v) is 6.77. The summed E-state index contributed by atoms with van der Waals surface area (Å²) in [6.07, 6.45) is 1.71. The Morgan fingerprint density at radius 1 is 1.05 bits per heavy atom. The minimum atomic E-state index is -0.860. The maximum atomic E-state index is 11.1. The molecule has 0 aromatic heterocycles. The summed E-state index contributed by atoms with van der Waals surface area (Å²) in [5.41, 5.74) is 1.25. The maximum Gasteiger partial charge on any atom is 0.102 e. The summed E-state index contributed by atoms with van der Waals surface area (Å²) in [6, 6.07) is 15.8. The lowest BCUT2D eigenvalue weighted by atomic mass is 9.85. The number of β-amino-alcohol motifs (C(OH)–C–C–N with tert-alkyl or cyclic N) is 1. The van der Waals surface area contributed by atoms with Crippen LogP contribution in [0, 0.1) is 0 Å². The van der Waals surface area contributed by atoms with Crippen molar-refractivity contribution in [1.29, 1.82) is 0 Å². The van der Waals surface area contributed by atoms with Crippen LogP contribution in [0.1, 0.15) is 24.0 Å². The van der Waals surface area contributed by atoms with Crippen molar-refractivity contribution in [1.82, 2.24) is 4.90 Å². The van der Waals surface area contributed by atoms with Gasteiger partial charge in [0.1, 0.15) is 5.60 Å². The molecule has 1 fully saturated rings. The molecule has 2 aromatic rings. The molecule has 0 radical (unpaired) electrons. The van der Waals surface area contributed by atoms with Gasteiger partial charge in [0, 0.05) is 13.1 Å². The second kappa shape index (κ2) is 6.59. The molecule has 2 aromatic carbocycles. The lowest BCUT2D eigenvalue weighted by Crippen LogP contribution is -2.45. The molecule has 116 valence electrons. The van der Waals surface area contributed by atoms with E-state index in [2.05, 4.69) is 17.0 Å². The van der Waals surface area contributed by atoms with Crippen LogP contribution in [-0.2, 0) is 12.1 Å². The molecule has 4 heteroatoms. The molecule has 0 amide bonds. The zero-order chi connectivity index (χ0) is 15.6. The SMILES string of the molecule is OC1(c2ccc(Cl)c(Cl)c2)CCCN(Cc2ccccc2)C1. The molecule has 1 heterocycles. The van der Waals surface area contributed by atoms with Crippen LogP contribution in [0.15, 0.2) is 48.5 Å². The molecule has 22 heavy (non-hydrogen) atoms. The monoisotopic (exact) mass is 335 g/mol. The molecule has 1 unspecified atom stereocenters. The average Bonchev–Trinajstić information content (AvgIpc) is 2.51. The van der Waals surface area contributed by atoms with E-state index in [4.69, 9.17) is 23.2 Å². The van der Waals surface area contributed by atoms with E-state index in [0.717, 1.165) is 31.5 Å². The number of likely N-dealkylation sites (tertiary alicyclic amines) is 1. The van der Waals surface area contributed by atoms with Crippen LogP contribution in [-0.4, -0.2) is 23.1 Å². The predicted octanol–water partition coefficient (Wildman–Crippen LogP) is 4.48. The van der Waals surface area contributed by atoms with E-state index < -0.39 is 5.60 Å². The van der Waals surface area contributed by atoms with Crippen LogP contribution >= 0.6 is 23.2 Å². The van der Waals surface area contributed by atoms with Crippen LogP contribution in [0.3, 0.4) is 0 Å². The van der Waals surface area contributed by atoms with Gasteiger partial charge in [-0.15, -0.1) is 0 Å². The van der Waals surface area contributed by atoms with E-state index in [0.29, 0.717) is 16.6 Å². The zero-order valence-corrected chi connectivity index (χ0v) is 13.8. The molecule has 0 spiro atoms. The highest BCUT2D eigenvalue weighted by molar-refractivity contribution is 6.42. The fourth-order valence-electron chi connectivity index (χ4n) is 3.12. The fourth-order valence-corrected chi connectivity index (χ4v) is 3.42. The Kier molecular flexibility index (Phi) is 4.74. The van der Waals surface area contributed by atoms with Gasteiger partial charge in [0.2, 0.25) is 0 Å². The molecule has 3 rings (SSSR count). The summed E-state index contributed by atoms with van der Waals surface area (Å²) < 4.78 is 0. The van der Waals surface area contributed by atoms with E-state index in [9.17, 15) is 5.11 Å². The Labute approximate surface area is 141 Å². The van der Waals surface area contributed by atoms with E-state index in [-0.39, 0.29) is 0 Å². The molecule has 0 saturated carbocycles. The Bertz CT molecular complexity index is 647. The molecule has 2 nitrogen and oxygen atoms in total. The second-order valence-electron chi connectivity index (χ2n) is 5.96. The summed E-state index contributed by atoms with van der Waals surface area (Å²) in [6.45, 7) is 2.46. The molecule has 1 N–H and O–H groups in total. The minimum Gasteiger partial charge on any atom is -0.384 e. The zero-order valence-electron chi connectivity index (χ0n) is 12.3. The largest absolute Gasteiger partial charge is 0.384 e. The van der Waals surface area contributed by atoms with E-state index >= 15 is 0 Å². The summed E-state index contributed by atoms with van der Waals surface area (Å²) >= 11 is 12.1. The Morgan fingerprint density at radius 2 is 1.82 bits per heavy atom. The van der Waals surface area contributed by atoms with Crippen molar-refractivity contribution in [3.05, 3.63) is 69.7 Å². The molecule has 1 aliphatic heterocycles. The normalized spacial score (nSPS) is 22.7. The average molecular weight is 336 g/mol. The Morgan fingerprint density at radius 3 is 2.55 bits per heavy atom. The first-order valence-corrected chi connectivity index (χ1v) is 8.27. The lowest BCUT2D eigenvalue weighted by molar-refractivity contribution is -0.0381. The van der Waals surface area contributed by atoms with Crippen molar-refractivity contribution in [3.8, 4) is 0 Å². The van der Waals surface area contributed by atoms with E-state index in [1.165, 1.54) is 5.56 Å². The number of hydrogen-bond acceptors (Lipinski definition) is 2. The third kappa shape index (κ3) is 3.47. The number of hydrogen-bond donors (Lipinski definition) is 1. The molecule has 0 bridgehead atoms. The van der Waals surface area contributed by atoms with Crippen LogP contribution in [0.2, 0.25) is 10.0 Å². The van der Waals surface area contributed by atoms with Crippen LogP contribution < -0.4 is 0 Å². The van der Waals surface area contributed by atoms with Crippen molar-refractivity contribution in [3.63, 3.8) is 0 Å². The smallest absolute Gasteiger partial charge is 0.102 e. The van der Waals surface area contributed by atoms with Gasteiger partial charge in [-0.2, -0.15) is 0 Å². The van der Waals surface area contributed by atoms with Crippen molar-refractivity contribution in [2.24, 2.45) is 0 Å². The van der Waals surface area contributed by atoms with Gasteiger partial charge in [-0.25, -0.2) is 0 Å². The number of halogens is 2. The molecular formula is C18H19Cl2NO. The van der Waals surface area contributed by atoms with Crippen molar-refractivity contribution in [2.45, 2.75) is 25.0 Å². The standard InChI is InChI=1S/C18H19Cl2NO/c19-16-8-7-15(11-17(16)20)18(22)9-4-10-21(13-18)12-14-5-2-1-3-6-14/h1-3,5-8,11,22H,4,9-10,12-13H2. The summed E-state index contributed by atoms with van der Waals surface area (Å²) in [5.74, 6) is 0. The summed E-state index contributed by atoms with van der Waals surface area (Å²) in [4.78, 5) is 2.29. The molecule has 0 aliphatic carbocycles. The summed E-state index contributed by atoms with van der Waals surface area (Å²) in [5, 5.41) is 12.1. The molecule has 1 saturated heterocycles. The highest BCUT2D eigenvalue weighted by Gasteiger charge is 2.35. The molecular weight excluding hydrogens is 317 g/mol. The Hall–Kier alpha value is -1.06. The topological polar surface area (TPSA) is 23.5 Å². The minimum absolute atomic E-state index is 0.493. The van der Waals surface area contributed by atoms with Crippen LogP contribution in [0.4, 0.5) is 0 Å². The first-order chi connectivity index (χ1) is 10.6. The number of rotatable bonds is 3. The van der Waals surface area contributed by atoms with E-state index in [1.54, 1.807) is 12.1 Å². The fraction of sp³-hybridized carbons (Fsp3) is 0.333. The third-order valence-electron chi connectivity index (χ3n) is 4.26. The molecule has 1 atom stereocenters. The van der Waals surface area contributed by atoms with Crippen molar-refractivity contribution >= 4 is 23.2 Å². The first kappa shape index (κ1) is 15.8. The van der Waals surface area contributed by atoms with Gasteiger partial charge in [0.15, 0.2) is 0 Å². The van der Waals surface area contributed by atoms with Gasteiger partial charge < -0.3 is 5.11 Å². The van der Waals surface area contributed by atoms with Crippen LogP contribution in [0.25, 0.3) is 0 Å². The predicted molar refractivity (Wildman–Crippen MR) is 91.3 cm³/mol. The highest BCUT2D eigenvalue weighted by Crippen LogP contribution is 2.35. The van der Waals surface area contributed by atoms with Crippen molar-refractivity contribution in [2.75, 3.05) is 13.1 Å². The third-order valence-corrected chi connectivity index (χ3v) is 4.99. The first-order valence-electron chi connectivity index (χ1n) is 7.51. The van der Waals surface area contributed by atoms with Gasteiger partial charge in [0.05, 0.1) is 10.0 Å². The Balaban J connectivity index is 1.77. The number of benzene rings is 2. The number of piperidine rings is 1. The quantitative estimate of drug-likeness (QED) is 0.893. The van der Waals surface area contributed by atoms with Crippen LogP contribution in [0.5, 0.6) is 0 Å². The van der Waals surface area contributed by atoms with E-state index in [1.807, 2.05) is 24.3 Å². The number of nitrogens with zero attached hydrogens (tertiary/aromatic N) is 1. The van der Waals surface area contributed by atoms with Gasteiger partial charge in [-0.05, 0) is 42.6 Å². The van der Waals surface area contributed by atoms with Gasteiger partial charge in [0.25, 0.3) is 0 Å². The van der Waals surface area contributed by atoms with Crippen molar-refractivity contribution < 1.29 is 5.11 Å². The lowest BCUT2D eigenvalue weighted by Gasteiger charge is -2.39. The summed E-state index contributed by atoms with van der Waals surface area (Å²) in [7, 11) is 0. The highest BCUT2D eigenvalue weighted by atomic mass is 35.5. The molecule has 1 aliphatic rings. The van der Waals surface area contributed by atoms with Gasteiger partial charge in [-0.1, -0.05) is 59.6 Å². The maximum absolute atomic E-state index is 11.1. The number of aliphatic hydroxyl groups is 1. The van der Waals surface area contributed by atoms with Gasteiger partial charge in [-0.3, -0.25) is 4.90 Å².